The SMILES string of the molecule is CCCCOCC(O)CNCCCC1CC1. The van der Waals surface area contributed by atoms with Crippen LogP contribution in [0.3, 0.4) is 0 Å². The van der Waals surface area contributed by atoms with E-state index >= 15 is 0 Å². The molecule has 0 amide bonds. The van der Waals surface area contributed by atoms with E-state index in [9.17, 15) is 5.11 Å². The van der Waals surface area contributed by atoms with E-state index < -0.39 is 0 Å². The first-order valence-corrected chi connectivity index (χ1v) is 6.79. The van der Waals surface area contributed by atoms with E-state index in [0.29, 0.717) is 13.2 Å². The number of aliphatic hydroxyl groups is 1. The highest BCUT2D eigenvalue weighted by atomic mass is 16.5. The van der Waals surface area contributed by atoms with Gasteiger partial charge in [0.1, 0.15) is 0 Å². The Kier molecular flexibility index (Phi) is 7.81. The third-order valence-electron chi connectivity index (χ3n) is 3.00. The Bertz CT molecular complexity index is 160. The number of rotatable bonds is 11. The molecule has 0 heterocycles. The zero-order chi connectivity index (χ0) is 11.6. The van der Waals surface area contributed by atoms with Crippen molar-refractivity contribution in [2.24, 2.45) is 5.92 Å². The van der Waals surface area contributed by atoms with Crippen molar-refractivity contribution >= 4 is 0 Å². The van der Waals surface area contributed by atoms with E-state index in [0.717, 1.165) is 31.9 Å². The molecule has 0 spiro atoms. The summed E-state index contributed by atoms with van der Waals surface area (Å²) in [4.78, 5) is 0. The van der Waals surface area contributed by atoms with Crippen molar-refractivity contribution in [1.82, 2.24) is 5.32 Å². The van der Waals surface area contributed by atoms with Crippen LogP contribution in [-0.4, -0.2) is 37.5 Å². The van der Waals surface area contributed by atoms with Gasteiger partial charge in [-0.1, -0.05) is 26.2 Å². The molecule has 1 aliphatic rings. The molecule has 0 aromatic carbocycles. The van der Waals surface area contributed by atoms with Gasteiger partial charge in [-0.3, -0.25) is 0 Å². The van der Waals surface area contributed by atoms with Crippen molar-refractivity contribution < 1.29 is 9.84 Å². The van der Waals surface area contributed by atoms with Crippen molar-refractivity contribution in [3.8, 4) is 0 Å². The first-order chi connectivity index (χ1) is 7.83. The van der Waals surface area contributed by atoms with Gasteiger partial charge >= 0.3 is 0 Å². The molecule has 16 heavy (non-hydrogen) atoms. The summed E-state index contributed by atoms with van der Waals surface area (Å²) in [5, 5.41) is 12.9. The molecule has 2 N–H and O–H groups in total. The number of ether oxygens (including phenoxy) is 1. The molecule has 0 aliphatic heterocycles. The fourth-order valence-corrected chi connectivity index (χ4v) is 1.72. The van der Waals surface area contributed by atoms with Crippen LogP contribution in [0.1, 0.15) is 45.4 Å². The van der Waals surface area contributed by atoms with Gasteiger partial charge in [0.05, 0.1) is 12.7 Å². The van der Waals surface area contributed by atoms with Gasteiger partial charge in [-0.05, 0) is 31.7 Å². The summed E-state index contributed by atoms with van der Waals surface area (Å²) >= 11 is 0. The van der Waals surface area contributed by atoms with Crippen LogP contribution in [0.5, 0.6) is 0 Å². The molecule has 3 heteroatoms. The quantitative estimate of drug-likeness (QED) is 0.532. The van der Waals surface area contributed by atoms with Crippen LogP contribution in [0, 0.1) is 5.92 Å². The molecule has 1 saturated carbocycles. The minimum absolute atomic E-state index is 0.349. The predicted molar refractivity (Wildman–Crippen MR) is 66.6 cm³/mol. The second-order valence-electron chi connectivity index (χ2n) is 4.87. The molecule has 1 fully saturated rings. The molecule has 1 atom stereocenters. The fourth-order valence-electron chi connectivity index (χ4n) is 1.72. The summed E-state index contributed by atoms with van der Waals surface area (Å²) in [6, 6.07) is 0. The molecule has 0 radical (unpaired) electrons. The lowest BCUT2D eigenvalue weighted by atomic mass is 10.2. The number of nitrogens with one attached hydrogen (secondary N) is 1. The fraction of sp³-hybridized carbons (Fsp3) is 1.00. The number of aliphatic hydroxyl groups excluding tert-OH is 1. The van der Waals surface area contributed by atoms with Crippen LogP contribution < -0.4 is 5.32 Å². The Morgan fingerprint density at radius 2 is 2.19 bits per heavy atom. The van der Waals surface area contributed by atoms with Gasteiger partial charge in [-0.25, -0.2) is 0 Å². The number of unbranched alkanes of at least 4 members (excludes halogenated alkanes) is 1. The minimum Gasteiger partial charge on any atom is -0.389 e. The molecular weight excluding hydrogens is 202 g/mol. The average molecular weight is 229 g/mol. The largest absolute Gasteiger partial charge is 0.389 e. The third-order valence-corrected chi connectivity index (χ3v) is 3.00. The normalized spacial score (nSPS) is 17.6. The van der Waals surface area contributed by atoms with Gasteiger partial charge in [-0.2, -0.15) is 0 Å². The Hall–Kier alpha value is -0.120. The molecular formula is C13H27NO2. The summed E-state index contributed by atoms with van der Waals surface area (Å²) in [5.41, 5.74) is 0. The molecule has 1 aliphatic carbocycles. The van der Waals surface area contributed by atoms with Crippen molar-refractivity contribution in [1.29, 1.82) is 0 Å². The van der Waals surface area contributed by atoms with Crippen molar-refractivity contribution in [3.05, 3.63) is 0 Å². The van der Waals surface area contributed by atoms with E-state index in [-0.39, 0.29) is 6.10 Å². The van der Waals surface area contributed by atoms with E-state index in [2.05, 4.69) is 12.2 Å². The van der Waals surface area contributed by atoms with Crippen LogP contribution in [0.25, 0.3) is 0 Å². The summed E-state index contributed by atoms with van der Waals surface area (Å²) in [5.74, 6) is 1.02. The van der Waals surface area contributed by atoms with Crippen LogP contribution in [-0.2, 0) is 4.74 Å². The molecule has 1 rings (SSSR count). The maximum absolute atomic E-state index is 9.58. The monoisotopic (exact) mass is 229 g/mol. The van der Waals surface area contributed by atoms with Gasteiger partial charge < -0.3 is 15.2 Å². The summed E-state index contributed by atoms with van der Waals surface area (Å²) < 4.78 is 5.35. The molecule has 0 bridgehead atoms. The Morgan fingerprint density at radius 3 is 2.88 bits per heavy atom. The lowest BCUT2D eigenvalue weighted by molar-refractivity contribution is 0.0360. The van der Waals surface area contributed by atoms with E-state index in [1.165, 1.54) is 25.7 Å². The minimum atomic E-state index is -0.349. The zero-order valence-electron chi connectivity index (χ0n) is 10.6. The van der Waals surface area contributed by atoms with Crippen molar-refractivity contribution in [2.75, 3.05) is 26.3 Å². The van der Waals surface area contributed by atoms with Crippen LogP contribution in [0.4, 0.5) is 0 Å². The molecule has 1 unspecified atom stereocenters. The molecule has 0 aromatic heterocycles. The molecule has 96 valence electrons. The van der Waals surface area contributed by atoms with Gasteiger partial charge in [0, 0.05) is 13.2 Å². The maximum Gasteiger partial charge on any atom is 0.0897 e. The lowest BCUT2D eigenvalue weighted by Crippen LogP contribution is -2.31. The van der Waals surface area contributed by atoms with E-state index in [1.54, 1.807) is 0 Å². The first-order valence-electron chi connectivity index (χ1n) is 6.79. The summed E-state index contributed by atoms with van der Waals surface area (Å²) in [6.45, 7) is 5.07. The second-order valence-corrected chi connectivity index (χ2v) is 4.87. The van der Waals surface area contributed by atoms with Crippen LogP contribution in [0.2, 0.25) is 0 Å². The number of hydrogen-bond donors (Lipinski definition) is 2. The first kappa shape index (κ1) is 13.9. The standard InChI is InChI=1S/C13H27NO2/c1-2-3-9-16-11-13(15)10-14-8-4-5-12-6-7-12/h12-15H,2-11H2,1H3. The smallest absolute Gasteiger partial charge is 0.0897 e. The molecule has 0 aromatic rings. The highest BCUT2D eigenvalue weighted by Crippen LogP contribution is 2.33. The number of hydrogen-bond acceptors (Lipinski definition) is 3. The van der Waals surface area contributed by atoms with Gasteiger partial charge in [0.25, 0.3) is 0 Å². The van der Waals surface area contributed by atoms with Crippen LogP contribution in [0.15, 0.2) is 0 Å². The van der Waals surface area contributed by atoms with Gasteiger partial charge in [0.15, 0.2) is 0 Å². The summed E-state index contributed by atoms with van der Waals surface area (Å²) in [6.07, 6.45) is 7.36. The molecule has 0 saturated heterocycles. The van der Waals surface area contributed by atoms with Crippen molar-refractivity contribution in [2.45, 2.75) is 51.6 Å². The molecule has 3 nitrogen and oxygen atoms in total. The summed E-state index contributed by atoms with van der Waals surface area (Å²) in [7, 11) is 0. The highest BCUT2D eigenvalue weighted by molar-refractivity contribution is 4.73. The zero-order valence-corrected chi connectivity index (χ0v) is 10.6. The van der Waals surface area contributed by atoms with E-state index in [4.69, 9.17) is 4.74 Å². The highest BCUT2D eigenvalue weighted by Gasteiger charge is 2.19. The topological polar surface area (TPSA) is 41.5 Å². The Labute approximate surface area is 99.6 Å². The maximum atomic E-state index is 9.58. The van der Waals surface area contributed by atoms with Gasteiger partial charge in [0.2, 0.25) is 0 Å². The lowest BCUT2D eigenvalue weighted by Gasteiger charge is -2.12. The Balaban J connectivity index is 1.75. The van der Waals surface area contributed by atoms with Crippen LogP contribution >= 0.6 is 0 Å². The van der Waals surface area contributed by atoms with Crippen molar-refractivity contribution in [3.63, 3.8) is 0 Å². The van der Waals surface area contributed by atoms with E-state index in [1.807, 2.05) is 0 Å². The predicted octanol–water partition coefficient (Wildman–Crippen LogP) is 1.94. The second kappa shape index (κ2) is 8.97. The average Bonchev–Trinajstić information content (AvgIpc) is 3.08. The van der Waals surface area contributed by atoms with Gasteiger partial charge in [-0.15, -0.1) is 0 Å². The third kappa shape index (κ3) is 8.08. The Morgan fingerprint density at radius 1 is 1.38 bits per heavy atom.